The second-order valence-electron chi connectivity index (χ2n) is 5.82. The number of hydrogen-bond acceptors (Lipinski definition) is 4. The number of rotatable bonds is 5. The van der Waals surface area contributed by atoms with Gasteiger partial charge in [0.25, 0.3) is 5.56 Å². The Labute approximate surface area is 162 Å². The minimum atomic E-state index is -4.15. The highest BCUT2D eigenvalue weighted by Crippen LogP contribution is 2.14. The molecule has 0 amide bonds. The molecule has 0 aliphatic heterocycles. The monoisotopic (exact) mass is 401 g/mol. The van der Waals surface area contributed by atoms with E-state index in [-0.39, 0.29) is 4.90 Å². The van der Waals surface area contributed by atoms with Gasteiger partial charge in [0, 0.05) is 11.1 Å². The molecule has 0 aliphatic rings. The van der Waals surface area contributed by atoms with E-state index in [1.165, 1.54) is 18.2 Å². The van der Waals surface area contributed by atoms with Gasteiger partial charge in [-0.25, -0.2) is 0 Å². The summed E-state index contributed by atoms with van der Waals surface area (Å²) in [7, 11) is -4.15. The molecule has 0 fully saturated rings. The van der Waals surface area contributed by atoms with E-state index in [0.29, 0.717) is 16.3 Å². The second kappa shape index (κ2) is 7.82. The van der Waals surface area contributed by atoms with E-state index in [2.05, 4.69) is 0 Å². The molecule has 5 nitrogen and oxygen atoms in total. The normalized spacial score (nSPS) is 11.6. The molecule has 3 aromatic rings. The molecule has 27 heavy (non-hydrogen) atoms. The first kappa shape index (κ1) is 18.9. The Morgan fingerprint density at radius 3 is 2.30 bits per heavy atom. The summed E-state index contributed by atoms with van der Waals surface area (Å²) in [6.45, 7) is 1.75. The molecule has 7 heteroatoms. The highest BCUT2D eigenvalue weighted by Gasteiger charge is 2.18. The van der Waals surface area contributed by atoms with Crippen molar-refractivity contribution in [3.05, 3.63) is 98.9 Å². The van der Waals surface area contributed by atoms with Gasteiger partial charge in [0.15, 0.2) is 0 Å². The maximum atomic E-state index is 12.5. The van der Waals surface area contributed by atoms with Gasteiger partial charge in [0.1, 0.15) is 4.90 Å². The van der Waals surface area contributed by atoms with Crippen LogP contribution in [0, 0.1) is 6.92 Å². The van der Waals surface area contributed by atoms with Crippen molar-refractivity contribution >= 4 is 33.9 Å². The number of aromatic nitrogens is 1. The Bertz CT molecular complexity index is 1130. The Morgan fingerprint density at radius 2 is 1.63 bits per heavy atom. The lowest BCUT2D eigenvalue weighted by atomic mass is 10.2. The Kier molecular flexibility index (Phi) is 5.48. The Morgan fingerprint density at radius 1 is 0.963 bits per heavy atom. The number of benzene rings is 2. The molecule has 2 aromatic carbocycles. The average Bonchev–Trinajstić information content (AvgIpc) is 2.64. The maximum absolute atomic E-state index is 12.5. The van der Waals surface area contributed by atoms with E-state index >= 15 is 0 Å². The molecular formula is C20H16ClNO4S. The first-order valence-electron chi connectivity index (χ1n) is 8.02. The highest BCUT2D eigenvalue weighted by molar-refractivity contribution is 7.87. The van der Waals surface area contributed by atoms with Crippen LogP contribution in [-0.2, 0) is 10.1 Å². The van der Waals surface area contributed by atoms with E-state index in [1.54, 1.807) is 67.6 Å². The molecule has 138 valence electrons. The van der Waals surface area contributed by atoms with Gasteiger partial charge in [-0.2, -0.15) is 8.42 Å². The van der Waals surface area contributed by atoms with Gasteiger partial charge in [-0.1, -0.05) is 48.0 Å². The third-order valence-corrected chi connectivity index (χ3v) is 5.13. The predicted molar refractivity (Wildman–Crippen MR) is 106 cm³/mol. The zero-order valence-corrected chi connectivity index (χ0v) is 15.9. The SMILES string of the molecule is Cc1cc(/C=C/c2ccc(Cl)cc2)n(OS(=O)(=O)c2ccccc2)c(=O)c1. The van der Waals surface area contributed by atoms with Gasteiger partial charge < -0.3 is 0 Å². The lowest BCUT2D eigenvalue weighted by Gasteiger charge is -2.12. The number of aryl methyl sites for hydroxylation is 1. The summed E-state index contributed by atoms with van der Waals surface area (Å²) in [5.41, 5.74) is 1.25. The van der Waals surface area contributed by atoms with E-state index < -0.39 is 15.7 Å². The van der Waals surface area contributed by atoms with E-state index in [4.69, 9.17) is 15.9 Å². The standard InChI is InChI=1S/C20H16ClNO4S/c1-15-13-18(12-9-16-7-10-17(21)11-8-16)22(20(23)14-15)26-27(24,25)19-5-3-2-4-6-19/h2-14H,1H3/b12-9+. The molecule has 0 atom stereocenters. The van der Waals surface area contributed by atoms with Crippen molar-refractivity contribution in [1.82, 2.24) is 4.73 Å². The highest BCUT2D eigenvalue weighted by atomic mass is 35.5. The van der Waals surface area contributed by atoms with Crippen LogP contribution in [0.3, 0.4) is 0 Å². The Hall–Kier alpha value is -2.83. The largest absolute Gasteiger partial charge is 0.357 e. The molecule has 3 rings (SSSR count). The number of pyridine rings is 1. The van der Waals surface area contributed by atoms with E-state index in [9.17, 15) is 13.2 Å². The van der Waals surface area contributed by atoms with Crippen molar-refractivity contribution in [2.45, 2.75) is 11.8 Å². The van der Waals surface area contributed by atoms with Crippen LogP contribution in [0.1, 0.15) is 16.8 Å². The fraction of sp³-hybridized carbons (Fsp3) is 0.0500. The van der Waals surface area contributed by atoms with Crippen molar-refractivity contribution in [2.24, 2.45) is 0 Å². The summed E-state index contributed by atoms with van der Waals surface area (Å²) in [6, 6.07) is 17.7. The summed E-state index contributed by atoms with van der Waals surface area (Å²) >= 11 is 5.87. The van der Waals surface area contributed by atoms with E-state index in [1.807, 2.05) is 0 Å². The minimum absolute atomic E-state index is 0.0369. The summed E-state index contributed by atoms with van der Waals surface area (Å²) in [5, 5.41) is 0.608. The van der Waals surface area contributed by atoms with Gasteiger partial charge in [-0.3, -0.25) is 9.08 Å². The van der Waals surface area contributed by atoms with Crippen molar-refractivity contribution in [1.29, 1.82) is 0 Å². The summed E-state index contributed by atoms with van der Waals surface area (Å²) in [5.74, 6) is 0. The lowest BCUT2D eigenvalue weighted by Crippen LogP contribution is -2.32. The van der Waals surface area contributed by atoms with Crippen LogP contribution in [0.15, 0.2) is 76.4 Å². The van der Waals surface area contributed by atoms with Crippen LogP contribution in [0.25, 0.3) is 12.2 Å². The smallest absolute Gasteiger partial charge is 0.280 e. The van der Waals surface area contributed by atoms with Crippen LogP contribution >= 0.6 is 11.6 Å². The molecule has 0 unspecified atom stereocenters. The van der Waals surface area contributed by atoms with Crippen molar-refractivity contribution < 1.29 is 12.7 Å². The van der Waals surface area contributed by atoms with Crippen molar-refractivity contribution in [3.63, 3.8) is 0 Å². The first-order chi connectivity index (χ1) is 12.8. The fourth-order valence-electron chi connectivity index (χ4n) is 2.39. The summed E-state index contributed by atoms with van der Waals surface area (Å²) in [6.07, 6.45) is 3.34. The topological polar surface area (TPSA) is 65.4 Å². The molecule has 1 heterocycles. The van der Waals surface area contributed by atoms with Gasteiger partial charge in [-0.05, 0) is 54.5 Å². The van der Waals surface area contributed by atoms with Crippen LogP contribution < -0.4 is 9.84 Å². The summed E-state index contributed by atoms with van der Waals surface area (Å²) < 4.78 is 30.8. The molecule has 0 radical (unpaired) electrons. The molecular weight excluding hydrogens is 386 g/mol. The van der Waals surface area contributed by atoms with Crippen LogP contribution in [-0.4, -0.2) is 13.1 Å². The molecule has 0 saturated heterocycles. The molecule has 0 saturated carbocycles. The predicted octanol–water partition coefficient (Wildman–Crippen LogP) is 3.80. The third kappa shape index (κ3) is 4.67. The molecule has 0 aliphatic carbocycles. The fourth-order valence-corrected chi connectivity index (χ4v) is 3.45. The molecule has 0 bridgehead atoms. The molecule has 0 spiro atoms. The van der Waals surface area contributed by atoms with Gasteiger partial charge in [0.2, 0.25) is 0 Å². The summed E-state index contributed by atoms with van der Waals surface area (Å²) in [4.78, 5) is 12.3. The number of nitrogens with zero attached hydrogens (tertiary/aromatic N) is 1. The number of halogens is 1. The van der Waals surface area contributed by atoms with Gasteiger partial charge >= 0.3 is 10.1 Å². The molecule has 1 aromatic heterocycles. The zero-order valence-electron chi connectivity index (χ0n) is 14.4. The molecule has 0 N–H and O–H groups in total. The lowest BCUT2D eigenvalue weighted by molar-refractivity contribution is 0.264. The van der Waals surface area contributed by atoms with Crippen LogP contribution in [0.4, 0.5) is 0 Å². The number of hydrogen-bond donors (Lipinski definition) is 0. The minimum Gasteiger partial charge on any atom is -0.280 e. The zero-order chi connectivity index (χ0) is 19.4. The quantitative estimate of drug-likeness (QED) is 0.652. The average molecular weight is 402 g/mol. The first-order valence-corrected chi connectivity index (χ1v) is 9.81. The van der Waals surface area contributed by atoms with Crippen molar-refractivity contribution in [3.8, 4) is 0 Å². The van der Waals surface area contributed by atoms with Gasteiger partial charge in [-0.15, -0.1) is 4.73 Å². The maximum Gasteiger partial charge on any atom is 0.357 e. The van der Waals surface area contributed by atoms with Crippen LogP contribution in [0.2, 0.25) is 5.02 Å². The van der Waals surface area contributed by atoms with Gasteiger partial charge in [0.05, 0.1) is 5.69 Å². The Balaban J connectivity index is 2.00. The van der Waals surface area contributed by atoms with Crippen molar-refractivity contribution in [2.75, 3.05) is 0 Å². The second-order valence-corrected chi connectivity index (χ2v) is 7.78. The van der Waals surface area contributed by atoms with Crippen LogP contribution in [0.5, 0.6) is 0 Å². The van der Waals surface area contributed by atoms with E-state index in [0.717, 1.165) is 10.3 Å². The third-order valence-electron chi connectivity index (χ3n) is 3.68.